The third-order valence-corrected chi connectivity index (χ3v) is 15.4. The zero-order valence-corrected chi connectivity index (χ0v) is 47.7. The fraction of sp³-hybridized carbons (Fsp3) is 0.415. The van der Waals surface area contributed by atoms with Crippen LogP contribution < -0.4 is 0 Å². The average molecular weight is 1070 g/mol. The summed E-state index contributed by atoms with van der Waals surface area (Å²) in [6, 6.07) is 19.6. The predicted octanol–water partition coefficient (Wildman–Crippen LogP) is 11.3. The lowest BCUT2D eigenvalue weighted by atomic mass is 9.81. The molecule has 0 amide bonds. The topological polar surface area (TPSA) is 191 Å². The van der Waals surface area contributed by atoms with Crippen molar-refractivity contribution in [2.45, 2.75) is 135 Å². The highest BCUT2D eigenvalue weighted by Crippen LogP contribution is 2.36. The zero-order chi connectivity index (χ0) is 56.9. The summed E-state index contributed by atoms with van der Waals surface area (Å²) in [6.07, 6.45) is 1.17. The number of aromatic hydroxyl groups is 5. The van der Waals surface area contributed by atoms with E-state index in [1.54, 1.807) is 52.0 Å². The molecular weight excluding hydrogens is 989 g/mol. The quantitative estimate of drug-likeness (QED) is 0.0648. The fourth-order valence-electron chi connectivity index (χ4n) is 10.9. The molecule has 0 saturated carbocycles. The van der Waals surface area contributed by atoms with Gasteiger partial charge in [0.2, 0.25) is 0 Å². The molecule has 2 saturated heterocycles. The van der Waals surface area contributed by atoms with Gasteiger partial charge in [-0.1, -0.05) is 60.7 Å². The van der Waals surface area contributed by atoms with Crippen LogP contribution in [0.3, 0.4) is 0 Å². The Morgan fingerprint density at radius 3 is 0.808 bits per heavy atom. The average Bonchev–Trinajstić information content (AvgIpc) is 3.50. The van der Waals surface area contributed by atoms with Crippen molar-refractivity contribution in [3.63, 3.8) is 0 Å². The Hall–Kier alpha value is -6.90. The number of ether oxygens (including phenoxy) is 6. The first-order valence-electron chi connectivity index (χ1n) is 26.6. The molecule has 0 aromatic heterocycles. The maximum atomic E-state index is 12.3. The molecule has 1 spiro atoms. The van der Waals surface area contributed by atoms with Gasteiger partial charge < -0.3 is 54.0 Å². The van der Waals surface area contributed by atoms with Gasteiger partial charge in [0.05, 0.1) is 44.7 Å². The molecule has 6 aromatic carbocycles. The van der Waals surface area contributed by atoms with E-state index in [9.17, 15) is 35.1 Å². The molecule has 2 heterocycles. The molecule has 416 valence electrons. The van der Waals surface area contributed by atoms with Gasteiger partial charge in [0.25, 0.3) is 0 Å². The molecule has 6 aromatic rings. The summed E-state index contributed by atoms with van der Waals surface area (Å²) in [5.74, 6) is 0.734. The lowest BCUT2D eigenvalue weighted by Crippen LogP contribution is -2.53. The summed E-state index contributed by atoms with van der Waals surface area (Å²) < 4.78 is 33.7. The molecule has 5 N–H and O–H groups in total. The van der Waals surface area contributed by atoms with E-state index < -0.39 is 29.9 Å². The first kappa shape index (κ1) is 58.8. The lowest BCUT2D eigenvalue weighted by molar-refractivity contribution is -0.311. The van der Waals surface area contributed by atoms with Crippen molar-refractivity contribution in [3.05, 3.63) is 177 Å². The molecule has 8 rings (SSSR count). The number of benzene rings is 6. The number of aryl methyl sites for hydroxylation is 10. The Morgan fingerprint density at radius 1 is 0.385 bits per heavy atom. The van der Waals surface area contributed by atoms with Gasteiger partial charge in [-0.05, 0) is 226 Å². The van der Waals surface area contributed by atoms with Crippen molar-refractivity contribution in [1.29, 1.82) is 0 Å². The van der Waals surface area contributed by atoms with Crippen LogP contribution in [0.2, 0.25) is 0 Å². The van der Waals surface area contributed by atoms with Crippen molar-refractivity contribution < 1.29 is 63.5 Å². The van der Waals surface area contributed by atoms with E-state index >= 15 is 0 Å². The Morgan fingerprint density at radius 2 is 0.590 bits per heavy atom. The van der Waals surface area contributed by atoms with Gasteiger partial charge in [-0.15, -0.1) is 0 Å². The van der Waals surface area contributed by atoms with Crippen molar-refractivity contribution >= 4 is 11.9 Å². The standard InChI is InChI=1S/C36H42O3.C29H36O10/c1-19-10-28(11-20(2)34(19)37)16-31-25(7)32(17-29-12-21(3)35(38)22(4)13-29)27(9)33(26(31)8)18-30-14-23(5)36(39)24(6)15-30;1-17-5-21(6-18(2)27(17)32)9-23(30)34-11-25-36-13-29(14-37-25)15-38-26(39-16-29)12-35-24(31)10-22-7-19(3)28(33)20(4)8-22/h10-15,37-39H,16-18H2,1-9H3;5-8,25-26,32-33H,9-16H2,1-4H3. The van der Waals surface area contributed by atoms with E-state index in [2.05, 4.69) is 57.2 Å². The number of phenolic OH excluding ortho intramolecular Hbond substituents is 5. The highest BCUT2D eigenvalue weighted by atomic mass is 16.7. The number of carbonyl (C=O) groups is 2. The van der Waals surface area contributed by atoms with Crippen molar-refractivity contribution in [2.75, 3.05) is 39.6 Å². The molecule has 2 aliphatic heterocycles. The van der Waals surface area contributed by atoms with Crippen LogP contribution in [-0.4, -0.2) is 89.7 Å². The van der Waals surface area contributed by atoms with Crippen LogP contribution in [0, 0.1) is 95.4 Å². The minimum Gasteiger partial charge on any atom is -0.507 e. The third kappa shape index (κ3) is 14.0. The van der Waals surface area contributed by atoms with Gasteiger partial charge in [-0.2, -0.15) is 0 Å². The molecule has 13 nitrogen and oxygen atoms in total. The van der Waals surface area contributed by atoms with Crippen LogP contribution in [0.1, 0.15) is 117 Å². The number of carbonyl (C=O) groups excluding carboxylic acids is 2. The molecule has 2 fully saturated rings. The minimum atomic E-state index is -0.686. The van der Waals surface area contributed by atoms with E-state index in [0.29, 0.717) is 65.9 Å². The molecule has 0 aliphatic carbocycles. The van der Waals surface area contributed by atoms with Crippen LogP contribution in [-0.2, 0) is 70.1 Å². The lowest BCUT2D eigenvalue weighted by Gasteiger charge is -2.43. The van der Waals surface area contributed by atoms with E-state index in [4.69, 9.17) is 28.4 Å². The van der Waals surface area contributed by atoms with Crippen molar-refractivity contribution in [3.8, 4) is 28.7 Å². The number of hydrogen-bond donors (Lipinski definition) is 5. The molecule has 13 heteroatoms. The second kappa shape index (κ2) is 24.8. The maximum absolute atomic E-state index is 12.3. The Kier molecular flexibility index (Phi) is 18.7. The van der Waals surface area contributed by atoms with Crippen LogP contribution in [0.25, 0.3) is 0 Å². The summed E-state index contributed by atoms with van der Waals surface area (Å²) in [4.78, 5) is 24.5. The highest BCUT2D eigenvalue weighted by Gasteiger charge is 2.42. The number of phenols is 5. The Balaban J connectivity index is 0.000000226. The number of rotatable bonds is 14. The SMILES string of the molecule is Cc1cc(CC(=O)OCC2OCC3(CO2)COC(COC(=O)Cc2cc(C)c(O)c(C)c2)OC3)cc(C)c1O.Cc1cc(Cc2c(C)c(Cc3cc(C)c(O)c(C)c3)c(C)c(Cc3cc(C)c(O)c(C)c3)c2C)cc(C)c1O. The van der Waals surface area contributed by atoms with Crippen molar-refractivity contribution in [2.24, 2.45) is 5.41 Å². The van der Waals surface area contributed by atoms with Crippen LogP contribution >= 0.6 is 0 Å². The summed E-state index contributed by atoms with van der Waals surface area (Å²) in [5, 5.41) is 50.8. The highest BCUT2D eigenvalue weighted by molar-refractivity contribution is 5.73. The predicted molar refractivity (Wildman–Crippen MR) is 300 cm³/mol. The van der Waals surface area contributed by atoms with Gasteiger partial charge in [-0.25, -0.2) is 0 Å². The second-order valence-electron chi connectivity index (χ2n) is 22.1. The first-order chi connectivity index (χ1) is 36.8. The van der Waals surface area contributed by atoms with E-state index in [-0.39, 0.29) is 37.6 Å². The molecule has 2 aliphatic rings. The van der Waals surface area contributed by atoms with Gasteiger partial charge in [-0.3, -0.25) is 9.59 Å². The third-order valence-electron chi connectivity index (χ3n) is 15.4. The minimum absolute atomic E-state index is 0.0364. The maximum Gasteiger partial charge on any atom is 0.310 e. The largest absolute Gasteiger partial charge is 0.507 e. The number of esters is 2. The summed E-state index contributed by atoms with van der Waals surface area (Å²) in [5.41, 5.74) is 20.8. The van der Waals surface area contributed by atoms with E-state index in [1.807, 2.05) is 41.5 Å². The van der Waals surface area contributed by atoms with Gasteiger partial charge in [0, 0.05) is 0 Å². The fourth-order valence-corrected chi connectivity index (χ4v) is 10.9. The zero-order valence-electron chi connectivity index (χ0n) is 47.7. The summed E-state index contributed by atoms with van der Waals surface area (Å²) >= 11 is 0. The van der Waals surface area contributed by atoms with Crippen LogP contribution in [0.5, 0.6) is 28.7 Å². The second-order valence-corrected chi connectivity index (χ2v) is 22.1. The van der Waals surface area contributed by atoms with Gasteiger partial charge >= 0.3 is 11.9 Å². The summed E-state index contributed by atoms with van der Waals surface area (Å²) in [6.45, 7) is 26.8. The molecule has 0 radical (unpaired) electrons. The molecule has 0 atom stereocenters. The van der Waals surface area contributed by atoms with Gasteiger partial charge in [0.15, 0.2) is 12.6 Å². The molecule has 0 bridgehead atoms. The normalized spacial score (nSPS) is 17.1. The van der Waals surface area contributed by atoms with Crippen LogP contribution in [0.4, 0.5) is 0 Å². The van der Waals surface area contributed by atoms with Gasteiger partial charge in [0.1, 0.15) is 42.0 Å². The smallest absolute Gasteiger partial charge is 0.310 e. The molecular formula is C65H78O13. The monoisotopic (exact) mass is 1070 g/mol. The van der Waals surface area contributed by atoms with E-state index in [1.165, 1.54) is 50.1 Å². The van der Waals surface area contributed by atoms with Crippen molar-refractivity contribution in [1.82, 2.24) is 0 Å². The first-order valence-corrected chi connectivity index (χ1v) is 26.6. The van der Waals surface area contributed by atoms with Crippen LogP contribution in [0.15, 0.2) is 60.7 Å². The molecule has 0 unspecified atom stereocenters. The Labute approximate surface area is 459 Å². The molecule has 78 heavy (non-hydrogen) atoms. The van der Waals surface area contributed by atoms with E-state index in [0.717, 1.165) is 63.8 Å². The Bertz CT molecular complexity index is 2780. The summed E-state index contributed by atoms with van der Waals surface area (Å²) in [7, 11) is 0. The number of hydrogen-bond acceptors (Lipinski definition) is 13.